The van der Waals surface area contributed by atoms with Crippen molar-refractivity contribution in [1.29, 1.82) is 0 Å². The standard InChI is InChI=1S/C14H22N2/c1-4-9-15-10-5-6-12(2)14-8-7-13(3)16-11-14/h6-8,11,15H,4-5,9-10H2,1-3H3. The van der Waals surface area contributed by atoms with Gasteiger partial charge in [-0.1, -0.05) is 19.1 Å². The molecule has 0 saturated heterocycles. The van der Waals surface area contributed by atoms with Gasteiger partial charge in [-0.15, -0.1) is 0 Å². The predicted octanol–water partition coefficient (Wildman–Crippen LogP) is 3.18. The summed E-state index contributed by atoms with van der Waals surface area (Å²) < 4.78 is 0. The highest BCUT2D eigenvalue weighted by molar-refractivity contribution is 5.62. The first-order valence-corrected chi connectivity index (χ1v) is 6.04. The van der Waals surface area contributed by atoms with Gasteiger partial charge in [0.25, 0.3) is 0 Å². The van der Waals surface area contributed by atoms with E-state index in [0.29, 0.717) is 0 Å². The van der Waals surface area contributed by atoms with Gasteiger partial charge in [-0.05, 0) is 57.0 Å². The van der Waals surface area contributed by atoms with Crippen molar-refractivity contribution in [3.8, 4) is 0 Å². The molecule has 1 N–H and O–H groups in total. The van der Waals surface area contributed by atoms with E-state index in [1.54, 1.807) is 0 Å². The summed E-state index contributed by atoms with van der Waals surface area (Å²) in [6, 6.07) is 4.19. The lowest BCUT2D eigenvalue weighted by Crippen LogP contribution is -2.15. The van der Waals surface area contributed by atoms with Crippen molar-refractivity contribution >= 4 is 5.57 Å². The molecule has 1 aromatic heterocycles. The quantitative estimate of drug-likeness (QED) is 0.742. The van der Waals surface area contributed by atoms with Gasteiger partial charge in [-0.25, -0.2) is 0 Å². The predicted molar refractivity (Wildman–Crippen MR) is 70.4 cm³/mol. The van der Waals surface area contributed by atoms with E-state index < -0.39 is 0 Å². The molecule has 2 heteroatoms. The van der Waals surface area contributed by atoms with Crippen molar-refractivity contribution in [2.75, 3.05) is 13.1 Å². The van der Waals surface area contributed by atoms with Crippen LogP contribution in [0.25, 0.3) is 5.57 Å². The molecule has 0 spiro atoms. The van der Waals surface area contributed by atoms with Crippen LogP contribution in [0.15, 0.2) is 24.4 Å². The number of aromatic nitrogens is 1. The normalized spacial score (nSPS) is 11.8. The third kappa shape index (κ3) is 4.58. The van der Waals surface area contributed by atoms with Gasteiger partial charge in [0.2, 0.25) is 0 Å². The van der Waals surface area contributed by atoms with Gasteiger partial charge in [0.1, 0.15) is 0 Å². The van der Waals surface area contributed by atoms with Gasteiger partial charge in [0.05, 0.1) is 0 Å². The number of aryl methyl sites for hydroxylation is 1. The molecule has 0 fully saturated rings. The van der Waals surface area contributed by atoms with Gasteiger partial charge in [-0.2, -0.15) is 0 Å². The molecule has 1 rings (SSSR count). The zero-order valence-electron chi connectivity index (χ0n) is 10.6. The van der Waals surface area contributed by atoms with E-state index in [-0.39, 0.29) is 0 Å². The summed E-state index contributed by atoms with van der Waals surface area (Å²) in [5.41, 5.74) is 3.60. The Bertz CT molecular complexity index is 325. The van der Waals surface area contributed by atoms with E-state index in [2.05, 4.69) is 42.4 Å². The van der Waals surface area contributed by atoms with Crippen LogP contribution in [-0.4, -0.2) is 18.1 Å². The molecule has 0 saturated carbocycles. The number of nitrogens with zero attached hydrogens (tertiary/aromatic N) is 1. The minimum atomic E-state index is 1.06. The fraction of sp³-hybridized carbons (Fsp3) is 0.500. The molecular formula is C14H22N2. The van der Waals surface area contributed by atoms with Crippen molar-refractivity contribution in [3.05, 3.63) is 35.7 Å². The molecule has 1 heterocycles. The van der Waals surface area contributed by atoms with E-state index in [0.717, 1.165) is 25.2 Å². The number of hydrogen-bond donors (Lipinski definition) is 1. The van der Waals surface area contributed by atoms with Crippen molar-refractivity contribution in [2.24, 2.45) is 0 Å². The van der Waals surface area contributed by atoms with Crippen LogP contribution in [0.5, 0.6) is 0 Å². The van der Waals surface area contributed by atoms with Crippen LogP contribution in [0.3, 0.4) is 0 Å². The summed E-state index contributed by atoms with van der Waals surface area (Å²) in [5.74, 6) is 0. The van der Waals surface area contributed by atoms with Crippen LogP contribution >= 0.6 is 0 Å². The Kier molecular flexibility index (Phi) is 5.79. The highest BCUT2D eigenvalue weighted by Gasteiger charge is 1.95. The third-order valence-electron chi connectivity index (χ3n) is 2.57. The minimum Gasteiger partial charge on any atom is -0.316 e. The molecular weight excluding hydrogens is 196 g/mol. The van der Waals surface area contributed by atoms with Crippen LogP contribution in [0.2, 0.25) is 0 Å². The third-order valence-corrected chi connectivity index (χ3v) is 2.57. The fourth-order valence-electron chi connectivity index (χ4n) is 1.51. The summed E-state index contributed by atoms with van der Waals surface area (Å²) in [7, 11) is 0. The van der Waals surface area contributed by atoms with Gasteiger partial charge in [0, 0.05) is 11.9 Å². The summed E-state index contributed by atoms with van der Waals surface area (Å²) in [5, 5.41) is 3.39. The van der Waals surface area contributed by atoms with Crippen LogP contribution in [0.4, 0.5) is 0 Å². The Balaban J connectivity index is 2.41. The lowest BCUT2D eigenvalue weighted by atomic mass is 10.1. The number of rotatable bonds is 6. The van der Waals surface area contributed by atoms with Crippen molar-refractivity contribution in [2.45, 2.75) is 33.6 Å². The largest absolute Gasteiger partial charge is 0.316 e. The maximum Gasteiger partial charge on any atom is 0.0373 e. The highest BCUT2D eigenvalue weighted by Crippen LogP contribution is 2.12. The zero-order valence-corrected chi connectivity index (χ0v) is 10.6. The summed E-state index contributed by atoms with van der Waals surface area (Å²) >= 11 is 0. The van der Waals surface area contributed by atoms with E-state index in [1.165, 1.54) is 17.6 Å². The maximum absolute atomic E-state index is 4.30. The first kappa shape index (κ1) is 12.9. The Labute approximate surface area is 98.8 Å². The fourth-order valence-corrected chi connectivity index (χ4v) is 1.51. The SMILES string of the molecule is CCCNCCC=C(C)c1ccc(C)nc1. The first-order chi connectivity index (χ1) is 7.74. The Morgan fingerprint density at radius 1 is 1.38 bits per heavy atom. The first-order valence-electron chi connectivity index (χ1n) is 6.04. The molecule has 0 amide bonds. The average molecular weight is 218 g/mol. The molecule has 0 radical (unpaired) electrons. The smallest absolute Gasteiger partial charge is 0.0373 e. The van der Waals surface area contributed by atoms with Crippen molar-refractivity contribution < 1.29 is 0 Å². The van der Waals surface area contributed by atoms with E-state index in [1.807, 2.05) is 13.1 Å². The second kappa shape index (κ2) is 7.18. The molecule has 1 aromatic rings. The van der Waals surface area contributed by atoms with Crippen molar-refractivity contribution in [1.82, 2.24) is 10.3 Å². The lowest BCUT2D eigenvalue weighted by molar-refractivity contribution is 0.678. The maximum atomic E-state index is 4.30. The number of allylic oxidation sites excluding steroid dienone is 1. The molecule has 0 aromatic carbocycles. The summed E-state index contributed by atoms with van der Waals surface area (Å²) in [6.07, 6.45) is 6.50. The van der Waals surface area contributed by atoms with Crippen LogP contribution in [0.1, 0.15) is 37.9 Å². The van der Waals surface area contributed by atoms with Gasteiger partial charge in [0.15, 0.2) is 0 Å². The Hall–Kier alpha value is -1.15. The Morgan fingerprint density at radius 2 is 2.19 bits per heavy atom. The van der Waals surface area contributed by atoms with Gasteiger partial charge < -0.3 is 5.32 Å². The zero-order chi connectivity index (χ0) is 11.8. The molecule has 0 atom stereocenters. The molecule has 0 unspecified atom stereocenters. The molecule has 88 valence electrons. The van der Waals surface area contributed by atoms with Crippen molar-refractivity contribution in [3.63, 3.8) is 0 Å². The lowest BCUT2D eigenvalue weighted by Gasteiger charge is -2.03. The Morgan fingerprint density at radius 3 is 2.81 bits per heavy atom. The van der Waals surface area contributed by atoms with E-state index in [4.69, 9.17) is 0 Å². The highest BCUT2D eigenvalue weighted by atomic mass is 14.8. The van der Waals surface area contributed by atoms with Crippen LogP contribution in [0, 0.1) is 6.92 Å². The molecule has 0 aliphatic heterocycles. The van der Waals surface area contributed by atoms with E-state index in [9.17, 15) is 0 Å². The molecule has 16 heavy (non-hydrogen) atoms. The van der Waals surface area contributed by atoms with Gasteiger partial charge in [-0.3, -0.25) is 4.98 Å². The monoisotopic (exact) mass is 218 g/mol. The van der Waals surface area contributed by atoms with Crippen LogP contribution < -0.4 is 5.32 Å². The molecule has 0 aliphatic carbocycles. The summed E-state index contributed by atoms with van der Waals surface area (Å²) in [4.78, 5) is 4.30. The second-order valence-electron chi connectivity index (χ2n) is 4.11. The van der Waals surface area contributed by atoms with Gasteiger partial charge >= 0.3 is 0 Å². The molecule has 0 bridgehead atoms. The van der Waals surface area contributed by atoms with Crippen LogP contribution in [-0.2, 0) is 0 Å². The minimum absolute atomic E-state index is 1.06. The second-order valence-corrected chi connectivity index (χ2v) is 4.11. The molecule has 2 nitrogen and oxygen atoms in total. The van der Waals surface area contributed by atoms with E-state index >= 15 is 0 Å². The topological polar surface area (TPSA) is 24.9 Å². The number of nitrogens with one attached hydrogen (secondary N) is 1. The number of hydrogen-bond acceptors (Lipinski definition) is 2. The molecule has 0 aliphatic rings. The summed E-state index contributed by atoms with van der Waals surface area (Å²) in [6.45, 7) is 8.51. The number of pyridine rings is 1. The average Bonchev–Trinajstić information content (AvgIpc) is 2.29.